The summed E-state index contributed by atoms with van der Waals surface area (Å²) in [5.41, 5.74) is 2.21. The Bertz CT molecular complexity index is 310. The SMILES string of the molecule is COc1cc(Cl)c(C)c(CCCO)c1. The maximum Gasteiger partial charge on any atom is 0.120 e. The van der Waals surface area contributed by atoms with Crippen molar-refractivity contribution in [1.29, 1.82) is 0 Å². The molecule has 0 radical (unpaired) electrons. The molecule has 3 heteroatoms. The quantitative estimate of drug-likeness (QED) is 0.835. The van der Waals surface area contributed by atoms with E-state index in [1.54, 1.807) is 13.2 Å². The van der Waals surface area contributed by atoms with Crippen molar-refractivity contribution in [2.75, 3.05) is 13.7 Å². The van der Waals surface area contributed by atoms with Crippen molar-refractivity contribution in [2.45, 2.75) is 19.8 Å². The number of rotatable bonds is 4. The number of hydrogen-bond donors (Lipinski definition) is 1. The van der Waals surface area contributed by atoms with E-state index >= 15 is 0 Å². The fourth-order valence-electron chi connectivity index (χ4n) is 1.36. The van der Waals surface area contributed by atoms with E-state index in [-0.39, 0.29) is 6.61 Å². The zero-order valence-corrected chi connectivity index (χ0v) is 9.27. The molecule has 2 nitrogen and oxygen atoms in total. The highest BCUT2D eigenvalue weighted by Crippen LogP contribution is 2.26. The van der Waals surface area contributed by atoms with Gasteiger partial charge in [-0.3, -0.25) is 0 Å². The lowest BCUT2D eigenvalue weighted by molar-refractivity contribution is 0.288. The van der Waals surface area contributed by atoms with E-state index < -0.39 is 0 Å². The summed E-state index contributed by atoms with van der Waals surface area (Å²) in [6, 6.07) is 3.77. The lowest BCUT2D eigenvalue weighted by atomic mass is 10.0. The van der Waals surface area contributed by atoms with Gasteiger partial charge < -0.3 is 9.84 Å². The van der Waals surface area contributed by atoms with Crippen molar-refractivity contribution in [2.24, 2.45) is 0 Å². The summed E-state index contributed by atoms with van der Waals surface area (Å²) in [6.07, 6.45) is 1.59. The third-order valence-electron chi connectivity index (χ3n) is 2.27. The Labute approximate surface area is 89.5 Å². The molecule has 0 spiro atoms. The van der Waals surface area contributed by atoms with Gasteiger partial charge >= 0.3 is 0 Å². The highest BCUT2D eigenvalue weighted by Gasteiger charge is 2.05. The maximum absolute atomic E-state index is 8.75. The number of aliphatic hydroxyl groups is 1. The molecule has 0 aliphatic heterocycles. The lowest BCUT2D eigenvalue weighted by Crippen LogP contribution is -1.95. The van der Waals surface area contributed by atoms with Crippen LogP contribution in [0, 0.1) is 6.92 Å². The standard InChI is InChI=1S/C11H15ClO2/c1-8-9(4-3-5-13)6-10(14-2)7-11(8)12/h6-7,13H,3-5H2,1-2H3. The molecule has 0 aliphatic rings. The number of hydrogen-bond acceptors (Lipinski definition) is 2. The van der Waals surface area contributed by atoms with Crippen LogP contribution in [0.2, 0.25) is 5.02 Å². The number of aliphatic hydroxyl groups excluding tert-OH is 1. The zero-order chi connectivity index (χ0) is 10.6. The Kier molecular flexibility index (Phi) is 4.23. The molecule has 0 saturated heterocycles. The Morgan fingerprint density at radius 3 is 2.71 bits per heavy atom. The summed E-state index contributed by atoms with van der Waals surface area (Å²) in [5.74, 6) is 0.772. The normalized spacial score (nSPS) is 10.3. The van der Waals surface area contributed by atoms with Crippen molar-refractivity contribution < 1.29 is 9.84 Å². The molecule has 1 aromatic carbocycles. The number of methoxy groups -OCH3 is 1. The predicted octanol–water partition coefficient (Wildman–Crippen LogP) is 2.58. The minimum atomic E-state index is 0.203. The molecule has 0 saturated carbocycles. The van der Waals surface area contributed by atoms with Crippen LogP contribution in [-0.4, -0.2) is 18.8 Å². The first kappa shape index (κ1) is 11.3. The molecule has 78 valence electrons. The van der Waals surface area contributed by atoms with E-state index in [1.807, 2.05) is 13.0 Å². The molecule has 1 rings (SSSR count). The molecular formula is C11H15ClO2. The third-order valence-corrected chi connectivity index (χ3v) is 2.66. The van der Waals surface area contributed by atoms with Gasteiger partial charge in [0.25, 0.3) is 0 Å². The average Bonchev–Trinajstić information content (AvgIpc) is 2.20. The van der Waals surface area contributed by atoms with Crippen LogP contribution in [0.15, 0.2) is 12.1 Å². The van der Waals surface area contributed by atoms with E-state index in [1.165, 1.54) is 0 Å². The first-order chi connectivity index (χ1) is 6.69. The molecule has 14 heavy (non-hydrogen) atoms. The second-order valence-corrected chi connectivity index (χ2v) is 3.63. The predicted molar refractivity (Wildman–Crippen MR) is 58.1 cm³/mol. The second-order valence-electron chi connectivity index (χ2n) is 3.22. The molecule has 1 N–H and O–H groups in total. The van der Waals surface area contributed by atoms with Crippen LogP contribution >= 0.6 is 11.6 Å². The molecule has 0 bridgehead atoms. The van der Waals surface area contributed by atoms with Gasteiger partial charge in [-0.25, -0.2) is 0 Å². The highest BCUT2D eigenvalue weighted by molar-refractivity contribution is 6.31. The van der Waals surface area contributed by atoms with Crippen LogP contribution in [0.25, 0.3) is 0 Å². The van der Waals surface area contributed by atoms with Gasteiger partial charge in [0.05, 0.1) is 7.11 Å². The average molecular weight is 215 g/mol. The topological polar surface area (TPSA) is 29.5 Å². The molecule has 0 amide bonds. The Balaban J connectivity index is 2.95. The minimum absolute atomic E-state index is 0.203. The van der Waals surface area contributed by atoms with Crippen LogP contribution in [0.1, 0.15) is 17.5 Å². The Morgan fingerprint density at radius 2 is 2.14 bits per heavy atom. The smallest absolute Gasteiger partial charge is 0.120 e. The van der Waals surface area contributed by atoms with Gasteiger partial charge in [-0.2, -0.15) is 0 Å². The van der Waals surface area contributed by atoms with Crippen molar-refractivity contribution in [1.82, 2.24) is 0 Å². The van der Waals surface area contributed by atoms with Crippen LogP contribution in [0.3, 0.4) is 0 Å². The number of halogens is 1. The molecule has 0 heterocycles. The van der Waals surface area contributed by atoms with Crippen LogP contribution in [-0.2, 0) is 6.42 Å². The first-order valence-electron chi connectivity index (χ1n) is 4.63. The van der Waals surface area contributed by atoms with Crippen molar-refractivity contribution in [3.63, 3.8) is 0 Å². The molecule has 0 aromatic heterocycles. The van der Waals surface area contributed by atoms with Crippen molar-refractivity contribution in [3.05, 3.63) is 28.3 Å². The number of benzene rings is 1. The van der Waals surface area contributed by atoms with E-state index in [0.29, 0.717) is 0 Å². The third kappa shape index (κ3) is 2.63. The van der Waals surface area contributed by atoms with Gasteiger partial charge in [-0.15, -0.1) is 0 Å². The van der Waals surface area contributed by atoms with Gasteiger partial charge in [0.1, 0.15) is 5.75 Å². The monoisotopic (exact) mass is 214 g/mol. The van der Waals surface area contributed by atoms with Gasteiger partial charge in [0.2, 0.25) is 0 Å². The summed E-state index contributed by atoms with van der Waals surface area (Å²) >= 11 is 6.03. The van der Waals surface area contributed by atoms with Gasteiger partial charge in [0.15, 0.2) is 0 Å². The minimum Gasteiger partial charge on any atom is -0.497 e. The second kappa shape index (κ2) is 5.23. The van der Waals surface area contributed by atoms with Crippen molar-refractivity contribution >= 4 is 11.6 Å². The molecule has 0 atom stereocenters. The largest absolute Gasteiger partial charge is 0.497 e. The van der Waals surface area contributed by atoms with Crippen LogP contribution < -0.4 is 4.74 Å². The molecule has 0 fully saturated rings. The summed E-state index contributed by atoms with van der Waals surface area (Å²) in [5, 5.41) is 9.47. The summed E-state index contributed by atoms with van der Waals surface area (Å²) in [7, 11) is 1.62. The number of aryl methyl sites for hydroxylation is 1. The molecule has 0 aliphatic carbocycles. The van der Waals surface area contributed by atoms with Crippen LogP contribution in [0.4, 0.5) is 0 Å². The maximum atomic E-state index is 8.75. The summed E-state index contributed by atoms with van der Waals surface area (Å²) < 4.78 is 5.12. The summed E-state index contributed by atoms with van der Waals surface area (Å²) in [4.78, 5) is 0. The fourth-order valence-corrected chi connectivity index (χ4v) is 1.58. The summed E-state index contributed by atoms with van der Waals surface area (Å²) in [6.45, 7) is 2.18. The molecule has 1 aromatic rings. The fraction of sp³-hybridized carbons (Fsp3) is 0.455. The van der Waals surface area contributed by atoms with E-state index in [9.17, 15) is 0 Å². The Morgan fingerprint density at radius 1 is 1.43 bits per heavy atom. The van der Waals surface area contributed by atoms with Crippen LogP contribution in [0.5, 0.6) is 5.75 Å². The van der Waals surface area contributed by atoms with E-state index in [0.717, 1.165) is 34.7 Å². The van der Waals surface area contributed by atoms with Gasteiger partial charge in [0, 0.05) is 11.6 Å². The van der Waals surface area contributed by atoms with Gasteiger partial charge in [-0.1, -0.05) is 11.6 Å². The van der Waals surface area contributed by atoms with E-state index in [2.05, 4.69) is 0 Å². The van der Waals surface area contributed by atoms with Crippen molar-refractivity contribution in [3.8, 4) is 5.75 Å². The zero-order valence-electron chi connectivity index (χ0n) is 8.51. The lowest BCUT2D eigenvalue weighted by Gasteiger charge is -2.09. The molecule has 0 unspecified atom stereocenters. The molecular weight excluding hydrogens is 200 g/mol. The Hall–Kier alpha value is -0.730. The highest BCUT2D eigenvalue weighted by atomic mass is 35.5. The van der Waals surface area contributed by atoms with Gasteiger partial charge in [-0.05, 0) is 43.0 Å². The van der Waals surface area contributed by atoms with E-state index in [4.69, 9.17) is 21.4 Å². The first-order valence-corrected chi connectivity index (χ1v) is 5.00. The number of ether oxygens (including phenoxy) is 1.